The van der Waals surface area contributed by atoms with E-state index in [0.29, 0.717) is 12.3 Å². The summed E-state index contributed by atoms with van der Waals surface area (Å²) in [6.07, 6.45) is -0.802. The largest absolute Gasteiger partial charge is 0.389 e. The Kier molecular flexibility index (Phi) is 6.46. The van der Waals surface area contributed by atoms with Crippen molar-refractivity contribution in [2.24, 2.45) is 0 Å². The maximum absolute atomic E-state index is 11.2. The first-order chi connectivity index (χ1) is 12.0. The van der Waals surface area contributed by atoms with E-state index >= 15 is 0 Å². The predicted molar refractivity (Wildman–Crippen MR) is 93.2 cm³/mol. The van der Waals surface area contributed by atoms with Crippen LogP contribution < -0.4 is 4.90 Å². The normalized spacial score (nSPS) is 11.6. The molecule has 25 heavy (non-hydrogen) atoms. The SMILES string of the molecule is CN(C[C@@H](O)COCc1ccccc1)c1ccc(C#N)cc1[N+](=O)[O-]. The Labute approximate surface area is 145 Å². The number of hydrogen-bond acceptors (Lipinski definition) is 6. The van der Waals surface area contributed by atoms with Gasteiger partial charge < -0.3 is 14.7 Å². The molecule has 7 nitrogen and oxygen atoms in total. The van der Waals surface area contributed by atoms with Gasteiger partial charge in [0.1, 0.15) is 5.69 Å². The average Bonchev–Trinajstić information content (AvgIpc) is 2.61. The number of benzene rings is 2. The summed E-state index contributed by atoms with van der Waals surface area (Å²) >= 11 is 0. The van der Waals surface area contributed by atoms with Crippen molar-refractivity contribution < 1.29 is 14.8 Å². The smallest absolute Gasteiger partial charge is 0.293 e. The number of nitrogens with zero attached hydrogens (tertiary/aromatic N) is 3. The fourth-order valence-electron chi connectivity index (χ4n) is 2.42. The third-order valence-corrected chi connectivity index (χ3v) is 3.62. The molecule has 0 aliphatic rings. The van der Waals surface area contributed by atoms with Crippen LogP contribution in [0.15, 0.2) is 48.5 Å². The minimum absolute atomic E-state index is 0.114. The first-order valence-corrected chi connectivity index (χ1v) is 7.70. The summed E-state index contributed by atoms with van der Waals surface area (Å²) in [6.45, 7) is 0.670. The molecule has 0 aromatic heterocycles. The van der Waals surface area contributed by atoms with Crippen molar-refractivity contribution in [2.45, 2.75) is 12.7 Å². The van der Waals surface area contributed by atoms with Crippen LogP contribution in [0.1, 0.15) is 11.1 Å². The highest BCUT2D eigenvalue weighted by atomic mass is 16.6. The zero-order valence-electron chi connectivity index (χ0n) is 13.8. The van der Waals surface area contributed by atoms with E-state index in [2.05, 4.69) is 0 Å². The quantitative estimate of drug-likeness (QED) is 0.585. The summed E-state index contributed by atoms with van der Waals surface area (Å²) in [5.41, 5.74) is 1.39. The zero-order chi connectivity index (χ0) is 18.2. The molecule has 0 amide bonds. The van der Waals surface area contributed by atoms with Gasteiger partial charge in [-0.3, -0.25) is 10.1 Å². The molecule has 2 aromatic rings. The summed E-state index contributed by atoms with van der Waals surface area (Å²) in [7, 11) is 1.65. The number of nitro groups is 1. The van der Waals surface area contributed by atoms with Gasteiger partial charge in [-0.2, -0.15) is 5.26 Å². The lowest BCUT2D eigenvalue weighted by Crippen LogP contribution is -2.32. The van der Waals surface area contributed by atoms with Crippen molar-refractivity contribution in [3.8, 4) is 6.07 Å². The van der Waals surface area contributed by atoms with Gasteiger partial charge in [0.05, 0.1) is 35.9 Å². The molecule has 0 aliphatic carbocycles. The summed E-state index contributed by atoms with van der Waals surface area (Å²) in [5.74, 6) is 0. The van der Waals surface area contributed by atoms with Crippen LogP contribution in [0.5, 0.6) is 0 Å². The molecular weight excluding hydrogens is 322 g/mol. The molecule has 0 fully saturated rings. The van der Waals surface area contributed by atoms with Gasteiger partial charge in [-0.15, -0.1) is 0 Å². The molecule has 7 heteroatoms. The highest BCUT2D eigenvalue weighted by Gasteiger charge is 2.20. The van der Waals surface area contributed by atoms with Crippen LogP contribution in [-0.4, -0.2) is 36.3 Å². The molecule has 0 radical (unpaired) electrons. The van der Waals surface area contributed by atoms with E-state index in [1.807, 2.05) is 36.4 Å². The molecule has 1 N–H and O–H groups in total. The van der Waals surface area contributed by atoms with Crippen LogP contribution in [0.25, 0.3) is 0 Å². The van der Waals surface area contributed by atoms with Gasteiger partial charge in [0.15, 0.2) is 0 Å². The van der Waals surface area contributed by atoms with Crippen LogP contribution in [-0.2, 0) is 11.3 Å². The van der Waals surface area contributed by atoms with E-state index in [1.54, 1.807) is 11.9 Å². The van der Waals surface area contributed by atoms with Crippen molar-refractivity contribution in [1.82, 2.24) is 0 Å². The third-order valence-electron chi connectivity index (χ3n) is 3.62. The van der Waals surface area contributed by atoms with Crippen molar-refractivity contribution in [3.05, 3.63) is 69.8 Å². The van der Waals surface area contributed by atoms with Gasteiger partial charge in [0.25, 0.3) is 5.69 Å². The Bertz CT molecular complexity index is 759. The highest BCUT2D eigenvalue weighted by Crippen LogP contribution is 2.28. The summed E-state index contributed by atoms with van der Waals surface area (Å²) in [6, 6.07) is 15.7. The number of anilines is 1. The van der Waals surface area contributed by atoms with Gasteiger partial charge in [-0.05, 0) is 17.7 Å². The Morgan fingerprint density at radius 2 is 2.04 bits per heavy atom. The first kappa shape index (κ1) is 18.4. The topological polar surface area (TPSA) is 99.6 Å². The lowest BCUT2D eigenvalue weighted by Gasteiger charge is -2.22. The van der Waals surface area contributed by atoms with E-state index in [0.717, 1.165) is 5.56 Å². The van der Waals surface area contributed by atoms with Gasteiger partial charge in [0, 0.05) is 19.7 Å². The van der Waals surface area contributed by atoms with Crippen LogP contribution in [0.3, 0.4) is 0 Å². The van der Waals surface area contributed by atoms with Gasteiger partial charge in [0.2, 0.25) is 0 Å². The number of hydrogen-bond donors (Lipinski definition) is 1. The van der Waals surface area contributed by atoms with E-state index in [1.165, 1.54) is 18.2 Å². The maximum Gasteiger partial charge on any atom is 0.293 e. The second-order valence-corrected chi connectivity index (χ2v) is 5.61. The molecular formula is C18H19N3O4. The van der Waals surface area contributed by atoms with E-state index < -0.39 is 11.0 Å². The van der Waals surface area contributed by atoms with Crippen LogP contribution in [0, 0.1) is 21.4 Å². The van der Waals surface area contributed by atoms with Crippen molar-refractivity contribution in [3.63, 3.8) is 0 Å². The Balaban J connectivity index is 1.93. The standard InChI is InChI=1S/C18H19N3O4/c1-20(17-8-7-15(10-19)9-18(17)21(23)24)11-16(22)13-25-12-14-5-3-2-4-6-14/h2-9,16,22H,11-13H2,1H3/t16-/m1/s1. The Morgan fingerprint density at radius 3 is 2.68 bits per heavy atom. The molecule has 0 unspecified atom stereocenters. The minimum atomic E-state index is -0.802. The molecule has 0 aliphatic heterocycles. The number of rotatable bonds is 8. The fourth-order valence-corrected chi connectivity index (χ4v) is 2.42. The van der Waals surface area contributed by atoms with Crippen molar-refractivity contribution in [1.29, 1.82) is 5.26 Å². The Morgan fingerprint density at radius 1 is 1.32 bits per heavy atom. The lowest BCUT2D eigenvalue weighted by atomic mass is 10.1. The maximum atomic E-state index is 11.2. The molecule has 130 valence electrons. The second kappa shape index (κ2) is 8.78. The van der Waals surface area contributed by atoms with Crippen LogP contribution >= 0.6 is 0 Å². The molecule has 2 rings (SSSR count). The van der Waals surface area contributed by atoms with Gasteiger partial charge in [-0.1, -0.05) is 30.3 Å². The van der Waals surface area contributed by atoms with Gasteiger partial charge >= 0.3 is 0 Å². The summed E-state index contributed by atoms with van der Waals surface area (Å²) < 4.78 is 5.48. The second-order valence-electron chi connectivity index (χ2n) is 5.61. The zero-order valence-corrected chi connectivity index (χ0v) is 13.8. The average molecular weight is 341 g/mol. The van der Waals surface area contributed by atoms with E-state index in [-0.39, 0.29) is 24.4 Å². The van der Waals surface area contributed by atoms with E-state index in [9.17, 15) is 15.2 Å². The van der Waals surface area contributed by atoms with Crippen molar-refractivity contribution >= 4 is 11.4 Å². The van der Waals surface area contributed by atoms with Crippen LogP contribution in [0.4, 0.5) is 11.4 Å². The number of aliphatic hydroxyl groups is 1. The van der Waals surface area contributed by atoms with Crippen molar-refractivity contribution in [2.75, 3.05) is 25.1 Å². The van der Waals surface area contributed by atoms with Gasteiger partial charge in [-0.25, -0.2) is 0 Å². The fraction of sp³-hybridized carbons (Fsp3) is 0.278. The lowest BCUT2D eigenvalue weighted by molar-refractivity contribution is -0.384. The first-order valence-electron chi connectivity index (χ1n) is 7.70. The molecule has 0 saturated heterocycles. The summed E-state index contributed by atoms with van der Waals surface area (Å²) in [5, 5.41) is 30.2. The Hall–Kier alpha value is -2.95. The molecule has 0 spiro atoms. The number of ether oxygens (including phenoxy) is 1. The highest BCUT2D eigenvalue weighted by molar-refractivity contribution is 5.65. The molecule has 2 aromatic carbocycles. The van der Waals surface area contributed by atoms with E-state index in [4.69, 9.17) is 10.00 Å². The molecule has 1 atom stereocenters. The predicted octanol–water partition coefficient (Wildman–Crippen LogP) is 2.48. The molecule has 0 bridgehead atoms. The number of likely N-dealkylation sites (N-methyl/N-ethyl adjacent to an activating group) is 1. The number of nitro benzene ring substituents is 1. The number of aliphatic hydroxyl groups excluding tert-OH is 1. The van der Waals surface area contributed by atoms with Crippen LogP contribution in [0.2, 0.25) is 0 Å². The number of nitriles is 1. The summed E-state index contributed by atoms with van der Waals surface area (Å²) in [4.78, 5) is 12.2. The minimum Gasteiger partial charge on any atom is -0.389 e. The molecule has 0 saturated carbocycles. The third kappa shape index (κ3) is 5.28. The monoisotopic (exact) mass is 341 g/mol. The molecule has 0 heterocycles.